The molecular formula is C12H14N4O2S. The molecule has 0 fully saturated rings. The van der Waals surface area contributed by atoms with Crippen LogP contribution in [0.15, 0.2) is 18.5 Å². The van der Waals surface area contributed by atoms with Crippen molar-refractivity contribution in [3.63, 3.8) is 0 Å². The molecule has 0 spiro atoms. The van der Waals surface area contributed by atoms with Gasteiger partial charge in [-0.1, -0.05) is 25.2 Å². The van der Waals surface area contributed by atoms with E-state index >= 15 is 0 Å². The van der Waals surface area contributed by atoms with Crippen LogP contribution >= 0.6 is 11.3 Å². The molecule has 19 heavy (non-hydrogen) atoms. The van der Waals surface area contributed by atoms with Crippen LogP contribution < -0.4 is 5.32 Å². The summed E-state index contributed by atoms with van der Waals surface area (Å²) in [5.74, 6) is -0.0798. The van der Waals surface area contributed by atoms with E-state index in [-0.39, 0.29) is 0 Å². The largest absolute Gasteiger partial charge is 0.465 e. The zero-order valence-corrected chi connectivity index (χ0v) is 11.7. The third-order valence-corrected chi connectivity index (χ3v) is 3.48. The third kappa shape index (κ3) is 3.25. The van der Waals surface area contributed by atoms with E-state index in [1.54, 1.807) is 12.3 Å². The van der Waals surface area contributed by atoms with E-state index in [9.17, 15) is 4.79 Å². The minimum absolute atomic E-state index is 0.340. The molecular weight excluding hydrogens is 264 g/mol. The van der Waals surface area contributed by atoms with Gasteiger partial charge in [-0.05, 0) is 6.07 Å². The first-order chi connectivity index (χ1) is 9.10. The van der Waals surface area contributed by atoms with Gasteiger partial charge in [-0.15, -0.1) is 10.2 Å². The Morgan fingerprint density at radius 1 is 1.37 bits per heavy atom. The van der Waals surface area contributed by atoms with Crippen LogP contribution in [0.4, 0.5) is 10.8 Å². The zero-order chi connectivity index (χ0) is 13.8. The van der Waals surface area contributed by atoms with Crippen molar-refractivity contribution in [2.75, 3.05) is 12.4 Å². The molecule has 2 heterocycles. The molecule has 1 N–H and O–H groups in total. The molecule has 100 valence electrons. The monoisotopic (exact) mass is 278 g/mol. The molecule has 0 saturated carbocycles. The number of hydrogen-bond donors (Lipinski definition) is 1. The van der Waals surface area contributed by atoms with E-state index in [0.717, 1.165) is 5.01 Å². The number of hydrogen-bond acceptors (Lipinski definition) is 7. The molecule has 2 rings (SSSR count). The minimum atomic E-state index is -0.420. The Balaban J connectivity index is 2.16. The van der Waals surface area contributed by atoms with Crippen molar-refractivity contribution < 1.29 is 9.53 Å². The molecule has 2 aromatic heterocycles. The number of methoxy groups -OCH3 is 1. The summed E-state index contributed by atoms with van der Waals surface area (Å²) in [6.45, 7) is 4.12. The molecule has 0 saturated heterocycles. The van der Waals surface area contributed by atoms with Crippen molar-refractivity contribution in [2.45, 2.75) is 19.8 Å². The number of nitrogens with one attached hydrogen (secondary N) is 1. The van der Waals surface area contributed by atoms with Crippen LogP contribution in [-0.4, -0.2) is 28.3 Å². The fourth-order valence-electron chi connectivity index (χ4n) is 1.38. The van der Waals surface area contributed by atoms with E-state index < -0.39 is 5.97 Å². The molecule has 2 aromatic rings. The van der Waals surface area contributed by atoms with Gasteiger partial charge in [0, 0.05) is 12.1 Å². The third-order valence-electron chi connectivity index (χ3n) is 2.35. The van der Waals surface area contributed by atoms with Crippen molar-refractivity contribution in [3.05, 3.63) is 29.0 Å². The summed E-state index contributed by atoms with van der Waals surface area (Å²) in [7, 11) is 1.34. The van der Waals surface area contributed by atoms with E-state index in [1.165, 1.54) is 24.6 Å². The summed E-state index contributed by atoms with van der Waals surface area (Å²) in [5, 5.41) is 12.8. The SMILES string of the molecule is COC(=O)c1cncc(Nc2nnc(C(C)C)s2)c1. The number of ether oxygens (including phenoxy) is 1. The molecule has 0 aliphatic carbocycles. The number of carbonyl (C=O) groups excluding carboxylic acids is 1. The highest BCUT2D eigenvalue weighted by molar-refractivity contribution is 7.15. The molecule has 0 aromatic carbocycles. The van der Waals surface area contributed by atoms with Crippen molar-refractivity contribution in [3.8, 4) is 0 Å². The van der Waals surface area contributed by atoms with Crippen molar-refractivity contribution in [2.24, 2.45) is 0 Å². The van der Waals surface area contributed by atoms with Gasteiger partial charge in [0.15, 0.2) is 0 Å². The minimum Gasteiger partial charge on any atom is -0.465 e. The van der Waals surface area contributed by atoms with Crippen LogP contribution in [0.25, 0.3) is 0 Å². The fourth-order valence-corrected chi connectivity index (χ4v) is 2.15. The Hall–Kier alpha value is -2.02. The Bertz CT molecular complexity index is 583. The van der Waals surface area contributed by atoms with Crippen LogP contribution in [0.1, 0.15) is 35.1 Å². The van der Waals surface area contributed by atoms with Gasteiger partial charge in [0.1, 0.15) is 5.01 Å². The Labute approximate surface area is 114 Å². The van der Waals surface area contributed by atoms with E-state index in [1.807, 2.05) is 0 Å². The van der Waals surface area contributed by atoms with Gasteiger partial charge >= 0.3 is 5.97 Å². The summed E-state index contributed by atoms with van der Waals surface area (Å²) in [6, 6.07) is 1.66. The maximum absolute atomic E-state index is 11.4. The van der Waals surface area contributed by atoms with Crippen LogP contribution in [-0.2, 0) is 4.74 Å². The highest BCUT2D eigenvalue weighted by Crippen LogP contribution is 2.25. The molecule has 0 aliphatic heterocycles. The number of rotatable bonds is 4. The lowest BCUT2D eigenvalue weighted by molar-refractivity contribution is 0.0600. The molecule has 0 bridgehead atoms. The predicted molar refractivity (Wildman–Crippen MR) is 72.9 cm³/mol. The number of esters is 1. The van der Waals surface area contributed by atoms with Crippen LogP contribution in [0.5, 0.6) is 0 Å². The Morgan fingerprint density at radius 3 is 2.79 bits per heavy atom. The second-order valence-electron chi connectivity index (χ2n) is 4.18. The highest BCUT2D eigenvalue weighted by atomic mass is 32.1. The average Bonchev–Trinajstić information content (AvgIpc) is 2.87. The standard InChI is InChI=1S/C12H14N4O2S/c1-7(2)10-15-16-12(19-10)14-9-4-8(5-13-6-9)11(17)18-3/h4-7H,1-3H3,(H,14,16). The van der Waals surface area contributed by atoms with Crippen LogP contribution in [0.2, 0.25) is 0 Å². The van der Waals surface area contributed by atoms with Gasteiger partial charge in [-0.25, -0.2) is 4.79 Å². The maximum atomic E-state index is 11.4. The van der Waals surface area contributed by atoms with E-state index in [0.29, 0.717) is 22.3 Å². The number of pyridine rings is 1. The van der Waals surface area contributed by atoms with Gasteiger partial charge in [-0.3, -0.25) is 4.98 Å². The highest BCUT2D eigenvalue weighted by Gasteiger charge is 2.10. The fraction of sp³-hybridized carbons (Fsp3) is 0.333. The van der Waals surface area contributed by atoms with Crippen molar-refractivity contribution in [1.82, 2.24) is 15.2 Å². The van der Waals surface area contributed by atoms with E-state index in [2.05, 4.69) is 39.1 Å². The molecule has 0 radical (unpaired) electrons. The Kier molecular flexibility index (Phi) is 4.06. The summed E-state index contributed by atoms with van der Waals surface area (Å²) in [5.41, 5.74) is 1.07. The van der Waals surface area contributed by atoms with Gasteiger partial charge in [0.05, 0.1) is 24.6 Å². The number of anilines is 2. The first-order valence-corrected chi connectivity index (χ1v) is 6.55. The average molecular weight is 278 g/mol. The molecule has 0 atom stereocenters. The molecule has 0 amide bonds. The molecule has 0 unspecified atom stereocenters. The van der Waals surface area contributed by atoms with Gasteiger partial charge in [0.2, 0.25) is 5.13 Å². The van der Waals surface area contributed by atoms with Gasteiger partial charge < -0.3 is 10.1 Å². The summed E-state index contributed by atoms with van der Waals surface area (Å²) >= 11 is 1.48. The lowest BCUT2D eigenvalue weighted by atomic mass is 10.2. The predicted octanol–water partition coefficient (Wildman–Crippen LogP) is 2.59. The van der Waals surface area contributed by atoms with Crippen LogP contribution in [0.3, 0.4) is 0 Å². The first-order valence-electron chi connectivity index (χ1n) is 5.74. The maximum Gasteiger partial charge on any atom is 0.339 e. The summed E-state index contributed by atoms with van der Waals surface area (Å²) in [6.07, 6.45) is 3.07. The summed E-state index contributed by atoms with van der Waals surface area (Å²) < 4.78 is 4.64. The number of aromatic nitrogens is 3. The number of nitrogens with zero attached hydrogens (tertiary/aromatic N) is 3. The van der Waals surface area contributed by atoms with Crippen molar-refractivity contribution in [1.29, 1.82) is 0 Å². The van der Waals surface area contributed by atoms with Crippen molar-refractivity contribution >= 4 is 28.1 Å². The Morgan fingerprint density at radius 2 is 2.16 bits per heavy atom. The van der Waals surface area contributed by atoms with Crippen LogP contribution in [0, 0.1) is 0 Å². The van der Waals surface area contributed by atoms with Gasteiger partial charge in [0.25, 0.3) is 0 Å². The second kappa shape index (κ2) is 5.75. The normalized spacial score (nSPS) is 10.5. The first kappa shape index (κ1) is 13.4. The molecule has 6 nitrogen and oxygen atoms in total. The van der Waals surface area contributed by atoms with Gasteiger partial charge in [-0.2, -0.15) is 0 Å². The van der Waals surface area contributed by atoms with E-state index in [4.69, 9.17) is 0 Å². The zero-order valence-electron chi connectivity index (χ0n) is 10.9. The molecule has 0 aliphatic rings. The second-order valence-corrected chi connectivity index (χ2v) is 5.19. The smallest absolute Gasteiger partial charge is 0.339 e. The number of carbonyl (C=O) groups is 1. The topological polar surface area (TPSA) is 77.0 Å². The summed E-state index contributed by atoms with van der Waals surface area (Å²) in [4.78, 5) is 15.4. The lowest BCUT2D eigenvalue weighted by Crippen LogP contribution is -2.02. The quantitative estimate of drug-likeness (QED) is 0.866. The lowest BCUT2D eigenvalue weighted by Gasteiger charge is -2.03. The molecule has 7 heteroatoms.